The van der Waals surface area contributed by atoms with Crippen LogP contribution in [-0.4, -0.2) is 69.1 Å². The average molecular weight is 521 g/mol. The number of carbonyl (C=O) groups is 3. The maximum absolute atomic E-state index is 12.9. The van der Waals surface area contributed by atoms with E-state index in [0.717, 1.165) is 11.1 Å². The zero-order valence-electron chi connectivity index (χ0n) is 21.1. The lowest BCUT2D eigenvalue weighted by atomic mass is 10.0. The van der Waals surface area contributed by atoms with Gasteiger partial charge in [0.15, 0.2) is 0 Å². The summed E-state index contributed by atoms with van der Waals surface area (Å²) < 4.78 is 15.4. The van der Waals surface area contributed by atoms with Crippen LogP contribution in [-0.2, 0) is 19.0 Å². The molecule has 200 valence electrons. The van der Waals surface area contributed by atoms with Gasteiger partial charge in [-0.25, -0.2) is 4.79 Å². The number of aliphatic hydroxyl groups excluding tert-OH is 1. The molecule has 0 atom stereocenters. The first-order chi connectivity index (χ1) is 18.6. The minimum Gasteiger partial charge on any atom is -0.464 e. The fourth-order valence-corrected chi connectivity index (χ4v) is 3.48. The van der Waals surface area contributed by atoms with Gasteiger partial charge in [0.2, 0.25) is 0 Å². The summed E-state index contributed by atoms with van der Waals surface area (Å²) in [5.74, 6) is -1.65. The second-order valence-electron chi connectivity index (χ2n) is 8.14. The zero-order valence-corrected chi connectivity index (χ0v) is 21.1. The maximum atomic E-state index is 12.9. The topological polar surface area (TPSA) is 123 Å². The van der Waals surface area contributed by atoms with Crippen molar-refractivity contribution in [2.75, 3.05) is 51.4 Å². The third kappa shape index (κ3) is 9.44. The van der Waals surface area contributed by atoms with E-state index in [4.69, 9.17) is 19.3 Å². The Bertz CT molecular complexity index is 1170. The molecule has 1 amide bonds. The Hall–Kier alpha value is -4.05. The molecule has 0 saturated carbocycles. The fraction of sp³-hybridized carbons (Fsp3) is 0.276. The van der Waals surface area contributed by atoms with Crippen LogP contribution in [0.3, 0.4) is 0 Å². The van der Waals surface area contributed by atoms with Crippen LogP contribution in [0.15, 0.2) is 78.9 Å². The summed E-state index contributed by atoms with van der Waals surface area (Å²) in [6.07, 6.45) is -0.104. The molecule has 0 aliphatic carbocycles. The monoisotopic (exact) mass is 520 g/mol. The molecule has 0 fully saturated rings. The number of carbonyl (C=O) groups excluding carboxylic acids is 3. The molecule has 3 rings (SSSR count). The van der Waals surface area contributed by atoms with Crippen molar-refractivity contribution in [3.8, 4) is 11.1 Å². The van der Waals surface area contributed by atoms with Crippen molar-refractivity contribution >= 4 is 23.5 Å². The quantitative estimate of drug-likeness (QED) is 0.206. The highest BCUT2D eigenvalue weighted by molar-refractivity contribution is 6.11. The average Bonchev–Trinajstić information content (AvgIpc) is 2.95. The fourth-order valence-electron chi connectivity index (χ4n) is 3.48. The van der Waals surface area contributed by atoms with Crippen LogP contribution >= 0.6 is 0 Å². The van der Waals surface area contributed by atoms with Crippen LogP contribution < -0.4 is 10.6 Å². The number of hydrogen-bond acceptors (Lipinski definition) is 8. The van der Waals surface area contributed by atoms with E-state index in [0.29, 0.717) is 25.4 Å². The lowest BCUT2D eigenvalue weighted by molar-refractivity contribution is -0.144. The zero-order chi connectivity index (χ0) is 27.0. The molecular weight excluding hydrogens is 488 g/mol. The number of nitrogens with one attached hydrogen (secondary N) is 2. The molecule has 3 N–H and O–H groups in total. The second kappa shape index (κ2) is 15.9. The van der Waals surface area contributed by atoms with Gasteiger partial charge < -0.3 is 30.0 Å². The number of rotatable bonds is 15. The normalized spacial score (nSPS) is 10.6. The standard InChI is InChI=1S/C29H32N2O7/c32-17-21-36-19-15-30-16-20-37-27(33)14-18-38-29(35)26-9-5-4-8-25(26)28(34)31-24-12-10-23(11-13-24)22-6-2-1-3-7-22/h1-13,30,32H,14-21H2,(H,31,34). The van der Waals surface area contributed by atoms with Gasteiger partial charge in [0.05, 0.1) is 37.4 Å². The SMILES string of the molecule is O=C(CCOC(=O)c1ccccc1C(=O)Nc1ccc(-c2ccccc2)cc1)OCCNCCOCCO. The molecule has 0 heterocycles. The summed E-state index contributed by atoms with van der Waals surface area (Å²) in [6, 6.07) is 23.6. The van der Waals surface area contributed by atoms with E-state index in [-0.39, 0.29) is 44.0 Å². The molecular formula is C29H32N2O7. The first kappa shape index (κ1) is 28.5. The highest BCUT2D eigenvalue weighted by atomic mass is 16.5. The van der Waals surface area contributed by atoms with Crippen molar-refractivity contribution in [1.82, 2.24) is 5.32 Å². The molecule has 0 unspecified atom stereocenters. The number of ether oxygens (including phenoxy) is 3. The van der Waals surface area contributed by atoms with E-state index in [1.54, 1.807) is 30.3 Å². The first-order valence-corrected chi connectivity index (χ1v) is 12.4. The molecule has 9 heteroatoms. The molecule has 0 radical (unpaired) electrons. The van der Waals surface area contributed by atoms with Gasteiger partial charge in [0, 0.05) is 18.8 Å². The Morgan fingerprint density at radius 2 is 1.34 bits per heavy atom. The maximum Gasteiger partial charge on any atom is 0.338 e. The van der Waals surface area contributed by atoms with Crippen molar-refractivity contribution in [1.29, 1.82) is 0 Å². The number of hydrogen-bond donors (Lipinski definition) is 3. The van der Waals surface area contributed by atoms with E-state index in [2.05, 4.69) is 10.6 Å². The molecule has 0 aromatic heterocycles. The van der Waals surface area contributed by atoms with Crippen LogP contribution in [0.25, 0.3) is 11.1 Å². The molecule has 0 saturated heterocycles. The third-order valence-corrected chi connectivity index (χ3v) is 5.38. The summed E-state index contributed by atoms with van der Waals surface area (Å²) in [4.78, 5) is 37.4. The van der Waals surface area contributed by atoms with Crippen LogP contribution in [0.4, 0.5) is 5.69 Å². The minimum absolute atomic E-state index is 0.0229. The lowest BCUT2D eigenvalue weighted by Crippen LogP contribution is -2.25. The largest absolute Gasteiger partial charge is 0.464 e. The van der Waals surface area contributed by atoms with E-state index >= 15 is 0 Å². The van der Waals surface area contributed by atoms with Crippen LogP contribution in [0.1, 0.15) is 27.1 Å². The highest BCUT2D eigenvalue weighted by Gasteiger charge is 2.18. The predicted molar refractivity (Wildman–Crippen MR) is 143 cm³/mol. The molecule has 0 aliphatic rings. The van der Waals surface area contributed by atoms with Gasteiger partial charge in [0.1, 0.15) is 13.2 Å². The minimum atomic E-state index is -0.701. The van der Waals surface area contributed by atoms with E-state index in [9.17, 15) is 14.4 Å². The van der Waals surface area contributed by atoms with E-state index in [1.807, 2.05) is 42.5 Å². The van der Waals surface area contributed by atoms with Gasteiger partial charge in [-0.2, -0.15) is 0 Å². The summed E-state index contributed by atoms with van der Waals surface area (Å²) >= 11 is 0. The van der Waals surface area contributed by atoms with E-state index < -0.39 is 17.8 Å². The van der Waals surface area contributed by atoms with Crippen molar-refractivity contribution in [2.24, 2.45) is 0 Å². The van der Waals surface area contributed by atoms with Gasteiger partial charge in [0.25, 0.3) is 5.91 Å². The van der Waals surface area contributed by atoms with Gasteiger partial charge in [-0.15, -0.1) is 0 Å². The molecule has 3 aromatic carbocycles. The molecule has 0 bridgehead atoms. The van der Waals surface area contributed by atoms with Crippen LogP contribution in [0.2, 0.25) is 0 Å². The lowest BCUT2D eigenvalue weighted by Gasteiger charge is -2.11. The van der Waals surface area contributed by atoms with Gasteiger partial charge in [-0.3, -0.25) is 9.59 Å². The molecule has 0 spiro atoms. The summed E-state index contributed by atoms with van der Waals surface area (Å²) in [5, 5.41) is 14.5. The van der Waals surface area contributed by atoms with Crippen LogP contribution in [0.5, 0.6) is 0 Å². The molecule has 9 nitrogen and oxygen atoms in total. The van der Waals surface area contributed by atoms with Crippen molar-refractivity contribution < 1.29 is 33.7 Å². The first-order valence-electron chi connectivity index (χ1n) is 12.4. The van der Waals surface area contributed by atoms with Gasteiger partial charge in [-0.05, 0) is 35.4 Å². The predicted octanol–water partition coefficient (Wildman–Crippen LogP) is 3.29. The van der Waals surface area contributed by atoms with Crippen LogP contribution in [0, 0.1) is 0 Å². The molecule has 0 aliphatic heterocycles. The molecule has 38 heavy (non-hydrogen) atoms. The number of aliphatic hydroxyl groups is 1. The highest BCUT2D eigenvalue weighted by Crippen LogP contribution is 2.22. The summed E-state index contributed by atoms with van der Waals surface area (Å²) in [7, 11) is 0. The number of anilines is 1. The summed E-state index contributed by atoms with van der Waals surface area (Å²) in [5.41, 5.74) is 2.95. The third-order valence-electron chi connectivity index (χ3n) is 5.38. The van der Waals surface area contributed by atoms with Gasteiger partial charge in [-0.1, -0.05) is 54.6 Å². The Kier molecular flexibility index (Phi) is 12.0. The van der Waals surface area contributed by atoms with Crippen molar-refractivity contribution in [2.45, 2.75) is 6.42 Å². The Morgan fingerprint density at radius 1 is 0.684 bits per heavy atom. The Balaban J connectivity index is 1.43. The van der Waals surface area contributed by atoms with E-state index in [1.165, 1.54) is 6.07 Å². The Labute approximate surface area is 221 Å². The number of amides is 1. The van der Waals surface area contributed by atoms with Crippen molar-refractivity contribution in [3.05, 3.63) is 90.0 Å². The number of benzene rings is 3. The second-order valence-corrected chi connectivity index (χ2v) is 8.14. The molecule has 3 aromatic rings. The summed E-state index contributed by atoms with van der Waals surface area (Å²) in [6.45, 7) is 1.73. The number of esters is 2. The van der Waals surface area contributed by atoms with Crippen molar-refractivity contribution in [3.63, 3.8) is 0 Å². The Morgan fingerprint density at radius 3 is 2.08 bits per heavy atom. The van der Waals surface area contributed by atoms with Gasteiger partial charge >= 0.3 is 11.9 Å². The smallest absolute Gasteiger partial charge is 0.338 e.